The van der Waals surface area contributed by atoms with Gasteiger partial charge in [0.05, 0.1) is 22.5 Å². The summed E-state index contributed by atoms with van der Waals surface area (Å²) in [5.41, 5.74) is 13.5. The fourth-order valence-electron chi connectivity index (χ4n) is 5.70. The Bertz CT molecular complexity index is 1730. The molecule has 3 aromatic heterocycles. The molecule has 6 aromatic rings. The van der Waals surface area contributed by atoms with Crippen LogP contribution in [0.5, 0.6) is 0 Å². The molecule has 39 heavy (non-hydrogen) atoms. The molecule has 1 aliphatic heterocycles. The van der Waals surface area contributed by atoms with Crippen LogP contribution in [-0.4, -0.2) is 47.7 Å². The lowest BCUT2D eigenvalue weighted by Gasteiger charge is -2.32. The van der Waals surface area contributed by atoms with Crippen molar-refractivity contribution in [3.63, 3.8) is 0 Å². The quantitative estimate of drug-likeness (QED) is 0.309. The molecule has 0 unspecified atom stereocenters. The van der Waals surface area contributed by atoms with Crippen molar-refractivity contribution in [1.82, 2.24) is 34.6 Å². The molecule has 3 aromatic carbocycles. The van der Waals surface area contributed by atoms with E-state index in [1.165, 1.54) is 17.5 Å². The third-order valence-electron chi connectivity index (χ3n) is 7.69. The number of hydrogen-bond acceptors (Lipinski definition) is 6. The van der Waals surface area contributed by atoms with Gasteiger partial charge in [-0.2, -0.15) is 5.10 Å². The average Bonchev–Trinajstić information content (AvgIpc) is 3.56. The minimum absolute atomic E-state index is 0.260. The van der Waals surface area contributed by atoms with Crippen molar-refractivity contribution in [2.45, 2.75) is 31.8 Å². The summed E-state index contributed by atoms with van der Waals surface area (Å²) in [4.78, 5) is 19.8. The number of aromatic amines is 1. The van der Waals surface area contributed by atoms with Crippen molar-refractivity contribution < 1.29 is 0 Å². The normalized spacial score (nSPS) is 14.9. The lowest BCUT2D eigenvalue weighted by molar-refractivity contribution is 0.175. The topological polar surface area (TPSA) is 102 Å². The van der Waals surface area contributed by atoms with Crippen LogP contribution in [0, 0.1) is 0 Å². The lowest BCUT2D eigenvalue weighted by Crippen LogP contribution is -2.34. The monoisotopic (exact) mass is 514 g/mol. The van der Waals surface area contributed by atoms with Crippen LogP contribution in [0.25, 0.3) is 33.3 Å². The number of piperidine rings is 1. The molecule has 1 fully saturated rings. The van der Waals surface area contributed by atoms with Gasteiger partial charge in [-0.05, 0) is 36.1 Å². The van der Waals surface area contributed by atoms with Crippen molar-refractivity contribution in [3.05, 3.63) is 102 Å². The molecule has 8 nitrogen and oxygen atoms in total. The molecule has 0 aliphatic carbocycles. The smallest absolute Gasteiger partial charge is 0.164 e. The van der Waals surface area contributed by atoms with Crippen LogP contribution in [0.15, 0.2) is 85.2 Å². The molecule has 0 amide bonds. The summed E-state index contributed by atoms with van der Waals surface area (Å²) in [7, 11) is 0. The van der Waals surface area contributed by atoms with Crippen molar-refractivity contribution in [1.29, 1.82) is 0 Å². The number of H-pyrrole nitrogens is 1. The highest BCUT2D eigenvalue weighted by Crippen LogP contribution is 2.35. The first-order chi connectivity index (χ1) is 19.2. The predicted molar refractivity (Wildman–Crippen MR) is 154 cm³/mol. The Balaban J connectivity index is 1.18. The number of fused-ring (bicyclic) bond motifs is 2. The largest absolute Gasteiger partial charge is 0.383 e. The summed E-state index contributed by atoms with van der Waals surface area (Å²) in [5, 5.41) is 5.93. The van der Waals surface area contributed by atoms with Gasteiger partial charge in [0.2, 0.25) is 0 Å². The number of hydrogen-bond donors (Lipinski definition) is 2. The zero-order valence-electron chi connectivity index (χ0n) is 21.7. The van der Waals surface area contributed by atoms with E-state index in [0.717, 1.165) is 78.0 Å². The van der Waals surface area contributed by atoms with Gasteiger partial charge in [-0.1, -0.05) is 66.7 Å². The maximum Gasteiger partial charge on any atom is 0.164 e. The van der Waals surface area contributed by atoms with Gasteiger partial charge >= 0.3 is 0 Å². The number of nitrogens with two attached hydrogens (primary N) is 1. The Morgan fingerprint density at radius 1 is 0.872 bits per heavy atom. The molecule has 7 rings (SSSR count). The van der Waals surface area contributed by atoms with Crippen molar-refractivity contribution in [2.75, 3.05) is 18.8 Å². The Labute approximate surface area is 226 Å². The van der Waals surface area contributed by atoms with Crippen LogP contribution in [0.2, 0.25) is 0 Å². The number of benzene rings is 3. The summed E-state index contributed by atoms with van der Waals surface area (Å²) >= 11 is 0. The van der Waals surface area contributed by atoms with Crippen LogP contribution in [0.3, 0.4) is 0 Å². The average molecular weight is 515 g/mol. The summed E-state index contributed by atoms with van der Waals surface area (Å²) in [6.45, 7) is 3.01. The van der Waals surface area contributed by atoms with Crippen molar-refractivity contribution in [3.8, 4) is 11.3 Å². The second-order valence-corrected chi connectivity index (χ2v) is 10.3. The molecule has 4 heterocycles. The summed E-state index contributed by atoms with van der Waals surface area (Å²) < 4.78 is 2.08. The molecular weight excluding hydrogens is 484 g/mol. The molecule has 194 valence electrons. The van der Waals surface area contributed by atoms with Gasteiger partial charge in [-0.15, -0.1) is 0 Å². The van der Waals surface area contributed by atoms with Gasteiger partial charge in [0, 0.05) is 31.6 Å². The highest BCUT2D eigenvalue weighted by molar-refractivity contribution is 5.99. The fraction of sp³-hybridized carbons (Fsp3) is 0.226. The van der Waals surface area contributed by atoms with Gasteiger partial charge in [-0.25, -0.2) is 19.6 Å². The van der Waals surface area contributed by atoms with Gasteiger partial charge in [0.1, 0.15) is 23.7 Å². The van der Waals surface area contributed by atoms with E-state index in [2.05, 4.69) is 91.3 Å². The zero-order valence-corrected chi connectivity index (χ0v) is 21.7. The first-order valence-electron chi connectivity index (χ1n) is 13.5. The van der Waals surface area contributed by atoms with Crippen LogP contribution in [0.1, 0.15) is 35.8 Å². The van der Waals surface area contributed by atoms with E-state index < -0.39 is 0 Å². The SMILES string of the molecule is Nc1ncnc2c1c(-c1ccc3nc(Cc4ccccc4)[nH]c3c1)nn2C1CCN(Cc2ccccc2)CC1. The molecule has 0 spiro atoms. The van der Waals surface area contributed by atoms with Crippen LogP contribution >= 0.6 is 0 Å². The van der Waals surface area contributed by atoms with E-state index in [-0.39, 0.29) is 6.04 Å². The van der Waals surface area contributed by atoms with Crippen LogP contribution in [-0.2, 0) is 13.0 Å². The third-order valence-corrected chi connectivity index (χ3v) is 7.69. The summed E-state index contributed by atoms with van der Waals surface area (Å²) in [6.07, 6.45) is 4.31. The number of nitrogens with one attached hydrogen (secondary N) is 1. The van der Waals surface area contributed by atoms with Gasteiger partial charge in [-0.3, -0.25) is 4.90 Å². The highest BCUT2D eigenvalue weighted by Gasteiger charge is 2.26. The molecule has 0 radical (unpaired) electrons. The highest BCUT2D eigenvalue weighted by atomic mass is 15.3. The van der Waals surface area contributed by atoms with Crippen molar-refractivity contribution >= 4 is 27.9 Å². The van der Waals surface area contributed by atoms with E-state index in [1.807, 2.05) is 12.1 Å². The minimum atomic E-state index is 0.260. The number of anilines is 1. The number of nitrogen functional groups attached to an aromatic ring is 1. The van der Waals surface area contributed by atoms with Gasteiger partial charge < -0.3 is 10.7 Å². The summed E-state index contributed by atoms with van der Waals surface area (Å²) in [6, 6.07) is 27.5. The number of rotatable bonds is 6. The van der Waals surface area contributed by atoms with Crippen LogP contribution < -0.4 is 5.73 Å². The maximum absolute atomic E-state index is 6.42. The van der Waals surface area contributed by atoms with E-state index in [1.54, 1.807) is 0 Å². The predicted octanol–water partition coefficient (Wildman–Crippen LogP) is 5.38. The second kappa shape index (κ2) is 9.96. The number of aromatic nitrogens is 6. The lowest BCUT2D eigenvalue weighted by atomic mass is 10.0. The first-order valence-corrected chi connectivity index (χ1v) is 13.5. The second-order valence-electron chi connectivity index (χ2n) is 10.3. The standard InChI is InChI=1S/C31H30N8/c32-30-28-29(23-11-12-25-26(18-23)36-27(35-25)17-21-7-3-1-4-8-21)37-39(31(28)34-20-33-30)24-13-15-38(16-14-24)19-22-9-5-2-6-10-22/h1-12,18,20,24H,13-17,19H2,(H,35,36)(H2,32,33,34). The number of nitrogens with zero attached hydrogens (tertiary/aromatic N) is 6. The number of likely N-dealkylation sites (tertiary alicyclic amines) is 1. The molecular formula is C31H30N8. The van der Waals surface area contributed by atoms with Gasteiger partial charge in [0.15, 0.2) is 5.65 Å². The zero-order chi connectivity index (χ0) is 26.2. The molecule has 3 N–H and O–H groups in total. The molecule has 8 heteroatoms. The Morgan fingerprint density at radius 2 is 1.62 bits per heavy atom. The van der Waals surface area contributed by atoms with E-state index in [9.17, 15) is 0 Å². The Kier molecular flexibility index (Phi) is 6.01. The van der Waals surface area contributed by atoms with Crippen molar-refractivity contribution in [2.24, 2.45) is 0 Å². The molecule has 0 atom stereocenters. The van der Waals surface area contributed by atoms with E-state index in [4.69, 9.17) is 15.8 Å². The van der Waals surface area contributed by atoms with E-state index >= 15 is 0 Å². The Hall–Kier alpha value is -4.56. The van der Waals surface area contributed by atoms with Gasteiger partial charge in [0.25, 0.3) is 0 Å². The third kappa shape index (κ3) is 4.64. The fourth-order valence-corrected chi connectivity index (χ4v) is 5.70. The Morgan fingerprint density at radius 3 is 2.38 bits per heavy atom. The first kappa shape index (κ1) is 23.5. The molecule has 1 aliphatic rings. The number of imidazole rings is 1. The molecule has 1 saturated heterocycles. The molecule has 0 saturated carbocycles. The van der Waals surface area contributed by atoms with Crippen LogP contribution in [0.4, 0.5) is 5.82 Å². The summed E-state index contributed by atoms with van der Waals surface area (Å²) in [5.74, 6) is 1.39. The molecule has 0 bridgehead atoms. The van der Waals surface area contributed by atoms with E-state index in [0.29, 0.717) is 5.82 Å². The minimum Gasteiger partial charge on any atom is -0.383 e. The maximum atomic E-state index is 6.42.